The van der Waals surface area contributed by atoms with Crippen LogP contribution in [-0.4, -0.2) is 43.5 Å². The number of thioether (sulfide) groups is 1. The lowest BCUT2D eigenvalue weighted by molar-refractivity contribution is -0.135. The number of amides is 1. The first kappa shape index (κ1) is 19.4. The average molecular weight is 407 g/mol. The van der Waals surface area contributed by atoms with Gasteiger partial charge in [-0.05, 0) is 49.2 Å². The number of carbonyl (C=O) groups excluding carboxylic acids is 2. The van der Waals surface area contributed by atoms with Crippen LogP contribution < -0.4 is 10.2 Å². The van der Waals surface area contributed by atoms with Crippen molar-refractivity contribution < 1.29 is 14.3 Å². The van der Waals surface area contributed by atoms with Gasteiger partial charge in [0.1, 0.15) is 0 Å². The lowest BCUT2D eigenvalue weighted by atomic mass is 10.1. The Morgan fingerprint density at radius 1 is 1.37 bits per heavy atom. The van der Waals surface area contributed by atoms with Crippen molar-refractivity contribution in [2.45, 2.75) is 19.8 Å². The number of hydrogen-bond acceptors (Lipinski definition) is 7. The Kier molecular flexibility index (Phi) is 6.18. The molecule has 9 heteroatoms. The summed E-state index contributed by atoms with van der Waals surface area (Å²) in [5, 5.41) is 11.4. The molecule has 0 unspecified atom stereocenters. The molecule has 0 spiro atoms. The maximum absolute atomic E-state index is 11.8. The van der Waals surface area contributed by atoms with Crippen molar-refractivity contribution in [1.29, 1.82) is 0 Å². The first-order valence-electron chi connectivity index (χ1n) is 8.43. The second kappa shape index (κ2) is 8.58. The molecule has 0 saturated carbocycles. The summed E-state index contributed by atoms with van der Waals surface area (Å²) >= 11 is 7.51. The van der Waals surface area contributed by atoms with Gasteiger partial charge in [-0.2, -0.15) is 5.10 Å². The summed E-state index contributed by atoms with van der Waals surface area (Å²) in [5.74, 6) is -1.01. The Balaban J connectivity index is 1.72. The number of halogens is 1. The standard InChI is InChI=1S/C18H19ClN4O3S/c1-11-13(23-7-3-4-8-23)6-5-12(16(11)19)10-20-22-18-21-17(25)14(27-18)9-15(24)26-2/h5-6,9-10H,3-4,7-8H2,1-2H3,(H,21,22,25)/b14-9+,20-10?. The summed E-state index contributed by atoms with van der Waals surface area (Å²) in [6, 6.07) is 3.96. The molecule has 0 aliphatic carbocycles. The minimum atomic E-state index is -0.599. The van der Waals surface area contributed by atoms with E-state index in [4.69, 9.17) is 11.6 Å². The third-order valence-corrected chi connectivity index (χ3v) is 5.68. The maximum atomic E-state index is 11.8. The number of hydrogen-bond donors (Lipinski definition) is 1. The predicted octanol–water partition coefficient (Wildman–Crippen LogP) is 2.86. The number of anilines is 1. The maximum Gasteiger partial charge on any atom is 0.331 e. The molecule has 2 aliphatic heterocycles. The third-order valence-electron chi connectivity index (χ3n) is 4.28. The van der Waals surface area contributed by atoms with Crippen LogP contribution in [0.25, 0.3) is 0 Å². The molecule has 142 valence electrons. The van der Waals surface area contributed by atoms with E-state index in [0.717, 1.165) is 47.7 Å². The number of rotatable bonds is 4. The summed E-state index contributed by atoms with van der Waals surface area (Å²) < 4.78 is 4.51. The van der Waals surface area contributed by atoms with Crippen LogP contribution in [0.15, 0.2) is 33.3 Å². The van der Waals surface area contributed by atoms with E-state index < -0.39 is 11.9 Å². The molecule has 1 aromatic rings. The molecule has 2 saturated heterocycles. The Labute approximate surface area is 166 Å². The highest BCUT2D eigenvalue weighted by atomic mass is 35.5. The Hall–Kier alpha value is -2.32. The van der Waals surface area contributed by atoms with Gasteiger partial charge in [-0.15, -0.1) is 5.10 Å². The van der Waals surface area contributed by atoms with E-state index in [9.17, 15) is 9.59 Å². The predicted molar refractivity (Wildman–Crippen MR) is 108 cm³/mol. The SMILES string of the molecule is COC(=O)/C=C1/S/C(=N\N=Cc2ccc(N3CCCC3)c(C)c2Cl)NC1=O. The summed E-state index contributed by atoms with van der Waals surface area (Å²) in [6.07, 6.45) is 5.06. The zero-order chi connectivity index (χ0) is 19.4. The van der Waals surface area contributed by atoms with Gasteiger partial charge in [0.2, 0.25) is 0 Å². The fraction of sp³-hybridized carbons (Fsp3) is 0.333. The number of esters is 1. The molecule has 1 amide bonds. The van der Waals surface area contributed by atoms with Gasteiger partial charge in [-0.25, -0.2) is 4.79 Å². The van der Waals surface area contributed by atoms with Crippen LogP contribution in [-0.2, 0) is 14.3 Å². The lowest BCUT2D eigenvalue weighted by Crippen LogP contribution is -2.19. The molecule has 0 bridgehead atoms. The van der Waals surface area contributed by atoms with Gasteiger partial charge in [0.25, 0.3) is 5.91 Å². The van der Waals surface area contributed by atoms with Crippen LogP contribution in [0, 0.1) is 6.92 Å². The zero-order valence-corrected chi connectivity index (χ0v) is 16.6. The van der Waals surface area contributed by atoms with Gasteiger partial charge in [-0.3, -0.25) is 10.1 Å². The second-order valence-electron chi connectivity index (χ2n) is 6.04. The number of ether oxygens (including phenoxy) is 1. The fourth-order valence-corrected chi connectivity index (χ4v) is 3.83. The molecule has 2 heterocycles. The van der Waals surface area contributed by atoms with Gasteiger partial charge in [-0.1, -0.05) is 11.6 Å². The minimum Gasteiger partial charge on any atom is -0.466 e. The summed E-state index contributed by atoms with van der Waals surface area (Å²) in [5.41, 5.74) is 2.92. The number of methoxy groups -OCH3 is 1. The summed E-state index contributed by atoms with van der Waals surface area (Å²) in [4.78, 5) is 25.5. The topological polar surface area (TPSA) is 83.4 Å². The molecule has 7 nitrogen and oxygen atoms in total. The first-order chi connectivity index (χ1) is 13.0. The zero-order valence-electron chi connectivity index (χ0n) is 15.0. The van der Waals surface area contributed by atoms with Crippen molar-refractivity contribution in [1.82, 2.24) is 5.32 Å². The largest absolute Gasteiger partial charge is 0.466 e. The summed E-state index contributed by atoms with van der Waals surface area (Å²) in [7, 11) is 1.25. The van der Waals surface area contributed by atoms with Crippen molar-refractivity contribution in [3.63, 3.8) is 0 Å². The molecule has 27 heavy (non-hydrogen) atoms. The van der Waals surface area contributed by atoms with Crippen LogP contribution in [0.4, 0.5) is 5.69 Å². The second-order valence-corrected chi connectivity index (χ2v) is 7.45. The molecular formula is C18H19ClN4O3S. The van der Waals surface area contributed by atoms with Crippen LogP contribution in [0.2, 0.25) is 5.02 Å². The van der Waals surface area contributed by atoms with E-state index >= 15 is 0 Å². The molecule has 1 N–H and O–H groups in total. The number of nitrogens with one attached hydrogen (secondary N) is 1. The van der Waals surface area contributed by atoms with Gasteiger partial charge in [0, 0.05) is 30.4 Å². The van der Waals surface area contributed by atoms with E-state index in [2.05, 4.69) is 25.2 Å². The third kappa shape index (κ3) is 4.51. The van der Waals surface area contributed by atoms with Crippen LogP contribution in [0.1, 0.15) is 24.0 Å². The molecule has 0 radical (unpaired) electrons. The van der Waals surface area contributed by atoms with E-state index in [1.165, 1.54) is 20.0 Å². The van der Waals surface area contributed by atoms with Gasteiger partial charge in [0.05, 0.1) is 23.3 Å². The van der Waals surface area contributed by atoms with Crippen molar-refractivity contribution in [3.8, 4) is 0 Å². The van der Waals surface area contributed by atoms with E-state index in [-0.39, 0.29) is 10.1 Å². The normalized spacial score (nSPS) is 20.1. The van der Waals surface area contributed by atoms with Crippen LogP contribution >= 0.6 is 23.4 Å². The van der Waals surface area contributed by atoms with Crippen molar-refractivity contribution in [3.05, 3.63) is 39.3 Å². The molecule has 2 aliphatic rings. The molecule has 0 aromatic heterocycles. The Morgan fingerprint density at radius 2 is 2.11 bits per heavy atom. The number of amidine groups is 1. The van der Waals surface area contributed by atoms with Crippen LogP contribution in [0.3, 0.4) is 0 Å². The minimum absolute atomic E-state index is 0.208. The quantitative estimate of drug-likeness (QED) is 0.360. The Bertz CT molecular complexity index is 860. The van der Waals surface area contributed by atoms with Crippen LogP contribution in [0.5, 0.6) is 0 Å². The van der Waals surface area contributed by atoms with Gasteiger partial charge < -0.3 is 9.64 Å². The van der Waals surface area contributed by atoms with Gasteiger partial charge in [0.15, 0.2) is 5.17 Å². The Morgan fingerprint density at radius 3 is 2.81 bits per heavy atom. The van der Waals surface area contributed by atoms with E-state index in [0.29, 0.717) is 5.02 Å². The van der Waals surface area contributed by atoms with Crippen molar-refractivity contribution in [2.24, 2.45) is 10.2 Å². The van der Waals surface area contributed by atoms with Gasteiger partial charge >= 0.3 is 5.97 Å². The summed E-state index contributed by atoms with van der Waals surface area (Å²) in [6.45, 7) is 4.10. The highest BCUT2D eigenvalue weighted by molar-refractivity contribution is 8.18. The lowest BCUT2D eigenvalue weighted by Gasteiger charge is -2.21. The smallest absolute Gasteiger partial charge is 0.331 e. The molecule has 3 rings (SSSR count). The van der Waals surface area contributed by atoms with Crippen molar-refractivity contribution >= 4 is 52.3 Å². The molecular weight excluding hydrogens is 388 g/mol. The van der Waals surface area contributed by atoms with Crippen molar-refractivity contribution in [2.75, 3.05) is 25.1 Å². The van der Waals surface area contributed by atoms with E-state index in [1.807, 2.05) is 19.1 Å². The number of nitrogens with zero attached hydrogens (tertiary/aromatic N) is 3. The average Bonchev–Trinajstić information content (AvgIpc) is 3.29. The van der Waals surface area contributed by atoms with E-state index in [1.54, 1.807) is 6.21 Å². The highest BCUT2D eigenvalue weighted by Crippen LogP contribution is 2.31. The number of carbonyl (C=O) groups is 2. The molecule has 2 fully saturated rings. The first-order valence-corrected chi connectivity index (χ1v) is 9.63. The monoisotopic (exact) mass is 406 g/mol. The molecule has 1 aromatic carbocycles. The highest BCUT2D eigenvalue weighted by Gasteiger charge is 2.25. The molecule has 0 atom stereocenters. The fourth-order valence-electron chi connectivity index (χ4n) is 2.88. The number of benzene rings is 1.